The third kappa shape index (κ3) is 4.96. The van der Waals surface area contributed by atoms with Gasteiger partial charge in [-0.15, -0.1) is 8.78 Å². The van der Waals surface area contributed by atoms with E-state index in [1.807, 2.05) is 0 Å². The molecule has 0 saturated carbocycles. The lowest BCUT2D eigenvalue weighted by Gasteiger charge is -2.37. The van der Waals surface area contributed by atoms with E-state index in [9.17, 15) is 26.8 Å². The molecule has 2 aliphatic heterocycles. The molecular weight excluding hydrogens is 544 g/mol. The van der Waals surface area contributed by atoms with Gasteiger partial charge in [-0.1, -0.05) is 0 Å². The summed E-state index contributed by atoms with van der Waals surface area (Å²) in [6, 6.07) is 10.1. The summed E-state index contributed by atoms with van der Waals surface area (Å²) < 4.78 is 55.4. The molecule has 1 fully saturated rings. The van der Waals surface area contributed by atoms with E-state index in [-0.39, 0.29) is 43.2 Å². The molecule has 3 aromatic rings. The molecule has 2 aliphatic rings. The number of benzene rings is 2. The Labute approximate surface area is 221 Å². The first-order valence-electron chi connectivity index (χ1n) is 11.5. The zero-order valence-corrected chi connectivity index (χ0v) is 21.5. The monoisotopic (exact) mass is 565 g/mol. The lowest BCUT2D eigenvalue weighted by Crippen LogP contribution is -2.48. The quantitative estimate of drug-likeness (QED) is 0.390. The summed E-state index contributed by atoms with van der Waals surface area (Å²) >= 11 is 4.78. The molecular formula is C24H22ClF2N5O5S. The SMILES string of the molecule is CS(=O)(=O)N1CCC2(CC1)C(=O)Nc1cc(C(=O)Nc3ccc(OC(F)(F)Cl)cc3)cc(-c3ccn[nH]3)c12. The fraction of sp³-hybridized carbons (Fsp3) is 0.292. The number of hydrogen-bond donors (Lipinski definition) is 3. The maximum atomic E-state index is 13.3. The highest BCUT2D eigenvalue weighted by molar-refractivity contribution is 7.88. The third-order valence-electron chi connectivity index (χ3n) is 6.74. The minimum atomic E-state index is -3.86. The van der Waals surface area contributed by atoms with Gasteiger partial charge < -0.3 is 15.4 Å². The van der Waals surface area contributed by atoms with Gasteiger partial charge in [-0.2, -0.15) is 5.10 Å². The second-order valence-corrected chi connectivity index (χ2v) is 11.6. The highest BCUT2D eigenvalue weighted by Crippen LogP contribution is 2.49. The molecule has 3 heterocycles. The van der Waals surface area contributed by atoms with Gasteiger partial charge in [0.2, 0.25) is 15.9 Å². The zero-order valence-electron chi connectivity index (χ0n) is 19.9. The first kappa shape index (κ1) is 26.1. The van der Waals surface area contributed by atoms with E-state index in [1.165, 1.54) is 28.6 Å². The van der Waals surface area contributed by atoms with Crippen molar-refractivity contribution in [2.45, 2.75) is 23.8 Å². The highest BCUT2D eigenvalue weighted by Gasteiger charge is 2.51. The van der Waals surface area contributed by atoms with Crippen molar-refractivity contribution in [3.63, 3.8) is 0 Å². The average molecular weight is 566 g/mol. The molecule has 2 amide bonds. The molecule has 0 unspecified atom stereocenters. The van der Waals surface area contributed by atoms with Crippen molar-refractivity contribution in [1.82, 2.24) is 14.5 Å². The summed E-state index contributed by atoms with van der Waals surface area (Å²) in [5, 5.41) is 12.5. The Morgan fingerprint density at radius 2 is 1.87 bits per heavy atom. The number of anilines is 2. The van der Waals surface area contributed by atoms with Crippen LogP contribution in [0.2, 0.25) is 0 Å². The Kier molecular flexibility index (Phi) is 6.40. The molecule has 1 saturated heterocycles. The largest absolute Gasteiger partial charge is 0.487 e. The van der Waals surface area contributed by atoms with Crippen LogP contribution >= 0.6 is 11.6 Å². The van der Waals surface area contributed by atoms with Gasteiger partial charge in [0.25, 0.3) is 5.91 Å². The van der Waals surface area contributed by atoms with Crippen molar-refractivity contribution in [3.05, 3.63) is 59.8 Å². The molecule has 0 atom stereocenters. The topological polar surface area (TPSA) is 133 Å². The molecule has 2 aromatic carbocycles. The Morgan fingerprint density at radius 1 is 1.18 bits per heavy atom. The third-order valence-corrected chi connectivity index (χ3v) is 8.12. The van der Waals surface area contributed by atoms with Crippen molar-refractivity contribution in [1.29, 1.82) is 0 Å². The number of amides is 2. The Hall–Kier alpha value is -3.55. The minimum absolute atomic E-state index is 0.183. The molecule has 5 rings (SSSR count). The minimum Gasteiger partial charge on any atom is -0.420 e. The maximum absolute atomic E-state index is 13.3. The van der Waals surface area contributed by atoms with Crippen molar-refractivity contribution in [3.8, 4) is 17.0 Å². The lowest BCUT2D eigenvalue weighted by molar-refractivity contribution is -0.122. The van der Waals surface area contributed by atoms with Crippen molar-refractivity contribution >= 4 is 44.8 Å². The number of sulfonamides is 1. The molecule has 0 bridgehead atoms. The van der Waals surface area contributed by atoms with Crippen LogP contribution in [0, 0.1) is 0 Å². The lowest BCUT2D eigenvalue weighted by atomic mass is 9.72. The maximum Gasteiger partial charge on any atom is 0.487 e. The van der Waals surface area contributed by atoms with Gasteiger partial charge in [0, 0.05) is 59.0 Å². The van der Waals surface area contributed by atoms with Crippen molar-refractivity contribution in [2.24, 2.45) is 0 Å². The number of alkyl halides is 3. The molecule has 200 valence electrons. The molecule has 1 aromatic heterocycles. The smallest absolute Gasteiger partial charge is 0.420 e. The molecule has 38 heavy (non-hydrogen) atoms. The number of halogens is 3. The number of ether oxygens (including phenoxy) is 1. The van der Waals surface area contributed by atoms with Crippen LogP contribution in [-0.2, 0) is 20.2 Å². The average Bonchev–Trinajstić information content (AvgIpc) is 3.46. The highest BCUT2D eigenvalue weighted by atomic mass is 35.5. The summed E-state index contributed by atoms with van der Waals surface area (Å²) in [6.45, 7) is 0.372. The summed E-state index contributed by atoms with van der Waals surface area (Å²) in [5.41, 5.74) is -1.98. The van der Waals surface area contributed by atoms with Crippen LogP contribution in [0.3, 0.4) is 0 Å². The van der Waals surface area contributed by atoms with Crippen molar-refractivity contribution in [2.75, 3.05) is 30.0 Å². The van der Waals surface area contributed by atoms with E-state index in [1.54, 1.807) is 24.4 Å². The number of piperidine rings is 1. The van der Waals surface area contributed by atoms with Gasteiger partial charge in [-0.05, 0) is 55.3 Å². The second kappa shape index (κ2) is 9.33. The van der Waals surface area contributed by atoms with E-state index >= 15 is 0 Å². The summed E-state index contributed by atoms with van der Waals surface area (Å²) in [4.78, 5) is 26.5. The number of aromatic nitrogens is 2. The van der Waals surface area contributed by atoms with Crippen LogP contribution in [0.25, 0.3) is 11.3 Å². The summed E-state index contributed by atoms with van der Waals surface area (Å²) in [7, 11) is -3.40. The number of hydrogen-bond acceptors (Lipinski definition) is 6. The predicted molar refractivity (Wildman–Crippen MR) is 136 cm³/mol. The number of nitrogens with one attached hydrogen (secondary N) is 3. The first-order valence-corrected chi connectivity index (χ1v) is 13.7. The summed E-state index contributed by atoms with van der Waals surface area (Å²) in [6.07, 6.45) is 3.25. The number of nitrogens with zero attached hydrogens (tertiary/aromatic N) is 2. The van der Waals surface area contributed by atoms with Gasteiger partial charge in [0.1, 0.15) is 5.75 Å². The second-order valence-electron chi connectivity index (χ2n) is 9.14. The van der Waals surface area contributed by atoms with E-state index < -0.39 is 26.9 Å². The van der Waals surface area contributed by atoms with Gasteiger partial charge in [-0.25, -0.2) is 12.7 Å². The zero-order chi connectivity index (χ0) is 27.3. The van der Waals surface area contributed by atoms with Gasteiger partial charge in [0.15, 0.2) is 0 Å². The fourth-order valence-corrected chi connectivity index (χ4v) is 5.92. The molecule has 10 nitrogen and oxygen atoms in total. The van der Waals surface area contributed by atoms with Gasteiger partial charge in [0.05, 0.1) is 17.4 Å². The number of carbonyl (C=O) groups is 2. The van der Waals surface area contributed by atoms with Crippen LogP contribution in [0.15, 0.2) is 48.7 Å². The predicted octanol–water partition coefficient (Wildman–Crippen LogP) is 3.74. The van der Waals surface area contributed by atoms with Crippen LogP contribution in [0.1, 0.15) is 28.8 Å². The van der Waals surface area contributed by atoms with Crippen LogP contribution < -0.4 is 15.4 Å². The molecule has 1 spiro atoms. The number of carbonyl (C=O) groups excluding carboxylic acids is 2. The van der Waals surface area contributed by atoms with E-state index in [0.29, 0.717) is 28.2 Å². The number of fused-ring (bicyclic) bond motifs is 2. The molecule has 3 N–H and O–H groups in total. The number of H-pyrrole nitrogens is 1. The van der Waals surface area contributed by atoms with E-state index in [2.05, 4.69) is 25.6 Å². The van der Waals surface area contributed by atoms with Crippen LogP contribution in [0.5, 0.6) is 5.75 Å². The number of rotatable bonds is 6. The Bertz CT molecular complexity index is 1500. The summed E-state index contributed by atoms with van der Waals surface area (Å²) in [5.74, 6) is -0.949. The van der Waals surface area contributed by atoms with Crippen LogP contribution in [-0.4, -0.2) is 59.6 Å². The van der Waals surface area contributed by atoms with Crippen LogP contribution in [0.4, 0.5) is 20.2 Å². The van der Waals surface area contributed by atoms with E-state index in [4.69, 9.17) is 11.6 Å². The fourth-order valence-electron chi connectivity index (χ4n) is 4.98. The van der Waals surface area contributed by atoms with Crippen molar-refractivity contribution < 1.29 is 31.5 Å². The molecule has 0 aliphatic carbocycles. The number of aromatic amines is 1. The standard InChI is InChI=1S/C24H22ClF2N5O5S/c1-38(35,36)32-10-7-23(8-11-32)20-17(18-6-9-28-31-18)12-14(13-19(20)30-22(23)34)21(33)29-15-2-4-16(5-3-15)37-24(25,26)27/h2-6,9,12-13H,7-8,10-11H2,1H3,(H,28,31)(H,29,33)(H,30,34). The van der Waals surface area contributed by atoms with Gasteiger partial charge >= 0.3 is 5.57 Å². The molecule has 0 radical (unpaired) electrons. The normalized spacial score (nSPS) is 17.2. The Morgan fingerprint density at radius 3 is 2.45 bits per heavy atom. The Balaban J connectivity index is 1.47. The van der Waals surface area contributed by atoms with Gasteiger partial charge in [-0.3, -0.25) is 14.7 Å². The first-order chi connectivity index (χ1) is 17.9. The van der Waals surface area contributed by atoms with E-state index in [0.717, 1.165) is 6.26 Å². The molecule has 14 heteroatoms.